The van der Waals surface area contributed by atoms with Crippen molar-refractivity contribution in [1.82, 2.24) is 0 Å². The first kappa shape index (κ1) is 36.4. The first-order valence-corrected chi connectivity index (χ1v) is 21.8. The van der Waals surface area contributed by atoms with E-state index in [1.807, 2.05) is 0 Å². The minimum Gasteiger partial charge on any atom is -0.310 e. The molecule has 0 N–H and O–H groups in total. The summed E-state index contributed by atoms with van der Waals surface area (Å²) in [6.45, 7) is 9.57. The van der Waals surface area contributed by atoms with E-state index in [1.54, 1.807) is 0 Å². The highest BCUT2D eigenvalue weighted by Crippen LogP contribution is 2.56. The molecule has 0 spiro atoms. The van der Waals surface area contributed by atoms with E-state index in [2.05, 4.69) is 244 Å². The minimum atomic E-state index is -0.341. The van der Waals surface area contributed by atoms with Gasteiger partial charge in [0, 0.05) is 33.6 Å². The highest BCUT2D eigenvalue weighted by Gasteiger charge is 2.39. The van der Waals surface area contributed by atoms with Gasteiger partial charge in [0.05, 0.1) is 11.4 Å². The van der Waals surface area contributed by atoms with Gasteiger partial charge in [-0.1, -0.05) is 167 Å². The molecule has 2 nitrogen and oxygen atoms in total. The fourth-order valence-electron chi connectivity index (χ4n) is 10.8. The van der Waals surface area contributed by atoms with Crippen molar-refractivity contribution in [2.45, 2.75) is 38.5 Å². The molecule has 0 saturated heterocycles. The van der Waals surface area contributed by atoms with Crippen LogP contribution < -0.4 is 9.80 Å². The van der Waals surface area contributed by atoms with Crippen LogP contribution in [0, 0.1) is 0 Å². The molecule has 1 aliphatic carbocycles. The molecule has 1 heterocycles. The van der Waals surface area contributed by atoms with Gasteiger partial charge in [0.1, 0.15) is 0 Å². The fraction of sp³-hybridized carbons (Fsp3) is 0.100. The smallest absolute Gasteiger partial charge is 0.0509 e. The normalized spacial score (nSPS) is 14.4. The van der Waals surface area contributed by atoms with E-state index < -0.39 is 0 Å². The van der Waals surface area contributed by atoms with Gasteiger partial charge in [-0.15, -0.1) is 0 Å². The van der Waals surface area contributed by atoms with Gasteiger partial charge in [0.15, 0.2) is 0 Å². The second-order valence-electron chi connectivity index (χ2n) is 18.2. The van der Waals surface area contributed by atoms with Crippen molar-refractivity contribution in [1.29, 1.82) is 0 Å². The second kappa shape index (κ2) is 13.5. The molecular weight excluding hydrogens is 749 g/mol. The molecule has 0 amide bonds. The van der Waals surface area contributed by atoms with Gasteiger partial charge in [-0.2, -0.15) is 0 Å². The summed E-state index contributed by atoms with van der Waals surface area (Å²) in [6, 6.07) is 76.6. The molecule has 0 saturated carbocycles. The topological polar surface area (TPSA) is 6.48 Å². The molecule has 0 atom stereocenters. The third-order valence-electron chi connectivity index (χ3n) is 14.0. The molecule has 12 rings (SSSR count). The Morgan fingerprint density at radius 2 is 0.806 bits per heavy atom. The van der Waals surface area contributed by atoms with E-state index in [0.29, 0.717) is 0 Å². The zero-order valence-corrected chi connectivity index (χ0v) is 35.5. The van der Waals surface area contributed by atoms with Crippen LogP contribution >= 0.6 is 0 Å². The number of rotatable bonds is 5. The summed E-state index contributed by atoms with van der Waals surface area (Å²) >= 11 is 0. The lowest BCUT2D eigenvalue weighted by atomic mass is 9.72. The number of benzene rings is 10. The lowest BCUT2D eigenvalue weighted by Gasteiger charge is -2.43. The van der Waals surface area contributed by atoms with Crippen LogP contribution in [0.5, 0.6) is 0 Å². The van der Waals surface area contributed by atoms with E-state index >= 15 is 0 Å². The van der Waals surface area contributed by atoms with Crippen molar-refractivity contribution in [3.05, 3.63) is 229 Å². The molecule has 2 aliphatic rings. The van der Waals surface area contributed by atoms with Crippen molar-refractivity contribution in [2.75, 3.05) is 9.80 Å². The van der Waals surface area contributed by atoms with Gasteiger partial charge in [-0.25, -0.2) is 0 Å². The van der Waals surface area contributed by atoms with Gasteiger partial charge in [0.2, 0.25) is 0 Å². The Morgan fingerprint density at radius 3 is 1.48 bits per heavy atom. The quantitative estimate of drug-likeness (QED) is 0.160. The third kappa shape index (κ3) is 5.36. The Bertz CT molecular complexity index is 3400. The predicted molar refractivity (Wildman–Crippen MR) is 263 cm³/mol. The van der Waals surface area contributed by atoms with Crippen LogP contribution in [0.25, 0.3) is 54.6 Å². The van der Waals surface area contributed by atoms with Crippen LogP contribution in [-0.2, 0) is 10.8 Å². The van der Waals surface area contributed by atoms with Gasteiger partial charge < -0.3 is 9.80 Å². The Morgan fingerprint density at radius 1 is 0.323 bits per heavy atom. The van der Waals surface area contributed by atoms with E-state index in [0.717, 1.165) is 22.7 Å². The van der Waals surface area contributed by atoms with Crippen LogP contribution in [0.3, 0.4) is 0 Å². The molecule has 2 heteroatoms. The molecule has 10 aromatic carbocycles. The average molecular weight is 795 g/mol. The summed E-state index contributed by atoms with van der Waals surface area (Å²) in [4.78, 5) is 4.96. The van der Waals surface area contributed by atoms with Gasteiger partial charge in [0.25, 0.3) is 0 Å². The molecule has 0 radical (unpaired) electrons. The average Bonchev–Trinajstić information content (AvgIpc) is 3.55. The molecule has 0 bridgehead atoms. The van der Waals surface area contributed by atoms with Gasteiger partial charge >= 0.3 is 0 Å². The first-order valence-electron chi connectivity index (χ1n) is 21.8. The highest BCUT2D eigenvalue weighted by molar-refractivity contribution is 6.26. The van der Waals surface area contributed by atoms with Crippen molar-refractivity contribution >= 4 is 66.4 Å². The van der Waals surface area contributed by atoms with Crippen LogP contribution in [0.2, 0.25) is 0 Å². The van der Waals surface area contributed by atoms with E-state index in [1.165, 1.54) is 88.2 Å². The monoisotopic (exact) mass is 794 g/mol. The van der Waals surface area contributed by atoms with E-state index in [-0.39, 0.29) is 10.8 Å². The number of fused-ring (bicyclic) bond motifs is 11. The van der Waals surface area contributed by atoms with Crippen molar-refractivity contribution in [3.63, 3.8) is 0 Å². The zero-order chi connectivity index (χ0) is 41.7. The fourth-order valence-corrected chi connectivity index (χ4v) is 10.8. The number of hydrogen-bond donors (Lipinski definition) is 0. The van der Waals surface area contributed by atoms with Crippen LogP contribution in [0.4, 0.5) is 34.1 Å². The molecule has 296 valence electrons. The maximum atomic E-state index is 2.51. The summed E-state index contributed by atoms with van der Waals surface area (Å²) in [5.41, 5.74) is 17.0. The molecule has 1 aliphatic heterocycles. The van der Waals surface area contributed by atoms with Crippen LogP contribution in [0.1, 0.15) is 49.9 Å². The molecule has 10 aromatic rings. The van der Waals surface area contributed by atoms with Crippen molar-refractivity contribution in [2.24, 2.45) is 0 Å². The number of hydrogen-bond acceptors (Lipinski definition) is 2. The maximum Gasteiger partial charge on any atom is 0.0509 e. The zero-order valence-electron chi connectivity index (χ0n) is 35.5. The van der Waals surface area contributed by atoms with Crippen molar-refractivity contribution < 1.29 is 0 Å². The lowest BCUT2D eigenvalue weighted by Crippen LogP contribution is -2.31. The highest BCUT2D eigenvalue weighted by atomic mass is 15.2. The summed E-state index contributed by atoms with van der Waals surface area (Å²) in [7, 11) is 0. The Kier molecular flexibility index (Phi) is 7.96. The lowest BCUT2D eigenvalue weighted by molar-refractivity contribution is 0.633. The van der Waals surface area contributed by atoms with Crippen molar-refractivity contribution in [3.8, 4) is 22.3 Å². The number of anilines is 6. The van der Waals surface area contributed by atoms with Gasteiger partial charge in [-0.05, 0) is 144 Å². The molecule has 0 unspecified atom stereocenters. The van der Waals surface area contributed by atoms with Gasteiger partial charge in [-0.3, -0.25) is 0 Å². The summed E-state index contributed by atoms with van der Waals surface area (Å²) in [5.74, 6) is 0. The Hall–Kier alpha value is -7.42. The number of para-hydroxylation sites is 1. The first-order chi connectivity index (χ1) is 30.3. The van der Waals surface area contributed by atoms with Crippen LogP contribution in [-0.4, -0.2) is 0 Å². The SMILES string of the molecule is CC1(C)c2ccccc2-c2ccc(N(c3ccccc3)c3ccc4c(c3)C(C)(C)c3cc5c6ccccc6c6ccccc6c5cc3N4c3ccc(-c4ccccc4)cc3)cc21. The Balaban J connectivity index is 1.09. The summed E-state index contributed by atoms with van der Waals surface area (Å²) < 4.78 is 0. The number of nitrogens with zero attached hydrogens (tertiary/aromatic N) is 2. The second-order valence-corrected chi connectivity index (χ2v) is 18.2. The van der Waals surface area contributed by atoms with E-state index in [4.69, 9.17) is 0 Å². The summed E-state index contributed by atoms with van der Waals surface area (Å²) in [5, 5.41) is 7.71. The predicted octanol–water partition coefficient (Wildman–Crippen LogP) is 16.7. The van der Waals surface area contributed by atoms with Crippen LogP contribution in [0.15, 0.2) is 206 Å². The largest absolute Gasteiger partial charge is 0.310 e. The molecule has 62 heavy (non-hydrogen) atoms. The Labute approximate surface area is 364 Å². The van der Waals surface area contributed by atoms with E-state index in [9.17, 15) is 0 Å². The third-order valence-corrected chi connectivity index (χ3v) is 14.0. The minimum absolute atomic E-state index is 0.110. The molecular formula is C60H46N2. The molecule has 0 fully saturated rings. The molecule has 0 aromatic heterocycles. The standard InChI is InChI=1S/C60H46N2/c1-59(2)53-26-16-15-25-49(53)50-33-31-43(35-54(50)59)61(41-19-9-6-10-20-41)44-32-34-57-55(36-44)60(3,4)56-37-51-47-23-13-11-21-45(47)46-22-12-14-24-48(46)52(51)38-58(56)62(57)42-29-27-40(28-30-42)39-17-7-5-8-18-39/h5-38H,1-4H3. The maximum absolute atomic E-state index is 2.51. The summed E-state index contributed by atoms with van der Waals surface area (Å²) in [6.07, 6.45) is 0.